The quantitative estimate of drug-likeness (QED) is 0.250. The molecule has 4 rings (SSSR count). The fourth-order valence-corrected chi connectivity index (χ4v) is 8.08. The zero-order valence-corrected chi connectivity index (χ0v) is 24.6. The van der Waals surface area contributed by atoms with Crippen molar-refractivity contribution in [3.63, 3.8) is 0 Å². The third-order valence-corrected chi connectivity index (χ3v) is 10.1. The van der Waals surface area contributed by atoms with Crippen molar-refractivity contribution in [1.82, 2.24) is 15.1 Å². The Bertz CT molecular complexity index is 1330. The molecule has 1 amide bonds. The van der Waals surface area contributed by atoms with Crippen LogP contribution in [0.25, 0.3) is 0 Å². The van der Waals surface area contributed by atoms with E-state index in [0.717, 1.165) is 18.4 Å². The van der Waals surface area contributed by atoms with Crippen LogP contribution in [0.5, 0.6) is 11.5 Å². The average molecular weight is 576 g/mol. The maximum Gasteiger partial charge on any atom is 0.255 e. The SMILES string of the molecule is COc1ccc(C(C)(C)C)cc1C(=O)NCCc1ccc(OC)c(S(=O)(=O)N2[C@@H](C(O)NO)C[C@H]3CCC[C@H]32)c1. The zero-order valence-electron chi connectivity index (χ0n) is 23.8. The van der Waals surface area contributed by atoms with Gasteiger partial charge in [0.15, 0.2) is 0 Å². The van der Waals surface area contributed by atoms with Crippen molar-refractivity contribution in [2.24, 2.45) is 5.92 Å². The van der Waals surface area contributed by atoms with Gasteiger partial charge in [-0.2, -0.15) is 9.79 Å². The van der Waals surface area contributed by atoms with E-state index < -0.39 is 22.3 Å². The number of nitrogens with one attached hydrogen (secondary N) is 2. The number of sulfonamides is 1. The van der Waals surface area contributed by atoms with E-state index in [2.05, 4.69) is 26.1 Å². The van der Waals surface area contributed by atoms with Gasteiger partial charge in [0, 0.05) is 12.6 Å². The lowest BCUT2D eigenvalue weighted by Gasteiger charge is -2.31. The molecular weight excluding hydrogens is 534 g/mol. The molecule has 2 aliphatic rings. The standard InChI is InChI=1S/C29H41N3O7S/c1-29(2,3)20-10-12-24(38-4)21(17-20)27(33)30-14-13-18-9-11-25(39-5)26(15-18)40(36,37)32-22-8-6-7-19(22)16-23(32)28(34)31-35/h9-12,15,17,19,22-23,28,31,34-35H,6-8,13-14,16H2,1-5H3,(H,30,33)/t19-,22-,23-,28?/m1/s1. The summed E-state index contributed by atoms with van der Waals surface area (Å²) in [6.07, 6.45) is 1.94. The van der Waals surface area contributed by atoms with Gasteiger partial charge in [-0.05, 0) is 72.4 Å². The lowest BCUT2D eigenvalue weighted by Crippen LogP contribution is -2.50. The van der Waals surface area contributed by atoms with E-state index in [0.29, 0.717) is 36.1 Å². The molecule has 0 radical (unpaired) electrons. The highest BCUT2D eigenvalue weighted by atomic mass is 32.2. The number of ether oxygens (including phenoxy) is 2. The molecule has 1 saturated carbocycles. The van der Waals surface area contributed by atoms with E-state index in [1.54, 1.807) is 24.3 Å². The number of carbonyl (C=O) groups is 1. The van der Waals surface area contributed by atoms with Gasteiger partial charge in [0.05, 0.1) is 25.8 Å². The number of hydrogen-bond acceptors (Lipinski definition) is 8. The van der Waals surface area contributed by atoms with E-state index in [1.807, 2.05) is 17.6 Å². The number of rotatable bonds is 10. The molecule has 4 atom stereocenters. The lowest BCUT2D eigenvalue weighted by atomic mass is 9.86. The monoisotopic (exact) mass is 575 g/mol. The summed E-state index contributed by atoms with van der Waals surface area (Å²) in [5.41, 5.74) is 3.85. The third-order valence-electron chi connectivity index (χ3n) is 8.11. The van der Waals surface area contributed by atoms with Gasteiger partial charge >= 0.3 is 0 Å². The van der Waals surface area contributed by atoms with Gasteiger partial charge in [-0.3, -0.25) is 4.79 Å². The first-order valence-corrected chi connectivity index (χ1v) is 15.1. The van der Waals surface area contributed by atoms with E-state index in [1.165, 1.54) is 18.5 Å². The first kappa shape index (κ1) is 30.3. The zero-order chi connectivity index (χ0) is 29.2. The second-order valence-corrected chi connectivity index (χ2v) is 13.4. The molecule has 11 heteroatoms. The van der Waals surface area contributed by atoms with Gasteiger partial charge in [-0.25, -0.2) is 8.42 Å². The Hall–Kier alpha value is -2.70. The Balaban J connectivity index is 1.55. The van der Waals surface area contributed by atoms with Gasteiger partial charge in [-0.15, -0.1) is 0 Å². The number of methoxy groups -OCH3 is 2. The minimum absolute atomic E-state index is 0.000985. The number of nitrogens with zero attached hydrogens (tertiary/aromatic N) is 1. The second-order valence-electron chi connectivity index (χ2n) is 11.6. The highest BCUT2D eigenvalue weighted by molar-refractivity contribution is 7.89. The third kappa shape index (κ3) is 5.99. The minimum atomic E-state index is -4.08. The van der Waals surface area contributed by atoms with Crippen LogP contribution in [0.3, 0.4) is 0 Å². The van der Waals surface area contributed by atoms with Gasteiger partial charge in [0.25, 0.3) is 5.91 Å². The molecule has 0 spiro atoms. The van der Waals surface area contributed by atoms with Gasteiger partial charge in [-0.1, -0.05) is 39.3 Å². The van der Waals surface area contributed by atoms with Crippen LogP contribution in [0, 0.1) is 5.92 Å². The summed E-state index contributed by atoms with van der Waals surface area (Å²) >= 11 is 0. The number of aliphatic hydroxyl groups is 1. The van der Waals surface area contributed by atoms with Crippen molar-refractivity contribution in [1.29, 1.82) is 0 Å². The number of amides is 1. The molecule has 10 nitrogen and oxygen atoms in total. The Morgan fingerprint density at radius 3 is 2.45 bits per heavy atom. The first-order chi connectivity index (χ1) is 18.9. The first-order valence-electron chi connectivity index (χ1n) is 13.7. The van der Waals surface area contributed by atoms with Crippen molar-refractivity contribution < 1.29 is 33.0 Å². The molecule has 2 aromatic rings. The highest BCUT2D eigenvalue weighted by Crippen LogP contribution is 2.45. The van der Waals surface area contributed by atoms with Crippen molar-refractivity contribution in [3.8, 4) is 11.5 Å². The molecular formula is C29H41N3O7S. The summed E-state index contributed by atoms with van der Waals surface area (Å²) in [7, 11) is -1.14. The molecule has 4 N–H and O–H groups in total. The van der Waals surface area contributed by atoms with Gasteiger partial charge in [0.2, 0.25) is 10.0 Å². The van der Waals surface area contributed by atoms with Crippen LogP contribution in [-0.2, 0) is 21.9 Å². The molecule has 1 aliphatic heterocycles. The lowest BCUT2D eigenvalue weighted by molar-refractivity contribution is -0.0328. The second kappa shape index (κ2) is 12.0. The van der Waals surface area contributed by atoms with Crippen LogP contribution in [0.15, 0.2) is 41.3 Å². The summed E-state index contributed by atoms with van der Waals surface area (Å²) in [6.45, 7) is 6.50. The predicted octanol–water partition coefficient (Wildman–Crippen LogP) is 3.20. The van der Waals surface area contributed by atoms with E-state index in [-0.39, 0.29) is 40.5 Å². The number of hydroxylamine groups is 1. The van der Waals surface area contributed by atoms with Crippen molar-refractivity contribution >= 4 is 15.9 Å². The van der Waals surface area contributed by atoms with Crippen LogP contribution < -0.4 is 20.3 Å². The summed E-state index contributed by atoms with van der Waals surface area (Å²) in [6, 6.07) is 9.49. The highest BCUT2D eigenvalue weighted by Gasteiger charge is 2.52. The molecule has 2 fully saturated rings. The number of aliphatic hydroxyl groups excluding tert-OH is 1. The van der Waals surface area contributed by atoms with Crippen LogP contribution in [0.4, 0.5) is 0 Å². The van der Waals surface area contributed by atoms with E-state index in [9.17, 15) is 23.5 Å². The Labute approximate surface area is 236 Å². The fraction of sp³-hybridized carbons (Fsp3) is 0.552. The summed E-state index contributed by atoms with van der Waals surface area (Å²) < 4.78 is 40.3. The molecule has 0 bridgehead atoms. The fourth-order valence-electron chi connectivity index (χ4n) is 5.96. The molecule has 1 heterocycles. The van der Waals surface area contributed by atoms with Crippen molar-refractivity contribution in [2.45, 2.75) is 81.5 Å². The summed E-state index contributed by atoms with van der Waals surface area (Å²) in [4.78, 5) is 13.1. The topological polar surface area (TPSA) is 137 Å². The number of benzene rings is 2. The molecule has 220 valence electrons. The molecule has 0 aromatic heterocycles. The average Bonchev–Trinajstić information content (AvgIpc) is 3.53. The Morgan fingerprint density at radius 2 is 1.80 bits per heavy atom. The van der Waals surface area contributed by atoms with E-state index in [4.69, 9.17) is 9.47 Å². The molecule has 2 aromatic carbocycles. The van der Waals surface area contributed by atoms with Crippen molar-refractivity contribution in [3.05, 3.63) is 53.1 Å². The summed E-state index contributed by atoms with van der Waals surface area (Å²) in [5.74, 6) is 0.527. The molecule has 1 aliphatic carbocycles. The van der Waals surface area contributed by atoms with Crippen molar-refractivity contribution in [2.75, 3.05) is 20.8 Å². The van der Waals surface area contributed by atoms with Crippen LogP contribution in [0.1, 0.15) is 67.9 Å². The Morgan fingerprint density at radius 1 is 1.10 bits per heavy atom. The largest absolute Gasteiger partial charge is 0.496 e. The minimum Gasteiger partial charge on any atom is -0.496 e. The van der Waals surface area contributed by atoms with Crippen LogP contribution in [-0.4, -0.2) is 68.0 Å². The smallest absolute Gasteiger partial charge is 0.255 e. The van der Waals surface area contributed by atoms with Gasteiger partial charge < -0.3 is 25.1 Å². The van der Waals surface area contributed by atoms with Gasteiger partial charge in [0.1, 0.15) is 22.6 Å². The maximum atomic E-state index is 14.0. The van der Waals surface area contributed by atoms with Crippen LogP contribution >= 0.6 is 0 Å². The van der Waals surface area contributed by atoms with Crippen LogP contribution in [0.2, 0.25) is 0 Å². The summed E-state index contributed by atoms with van der Waals surface area (Å²) in [5, 5.41) is 22.7. The normalized spacial score (nSPS) is 22.1. The maximum absolute atomic E-state index is 14.0. The van der Waals surface area contributed by atoms with E-state index >= 15 is 0 Å². The number of carbonyl (C=O) groups excluding carboxylic acids is 1. The predicted molar refractivity (Wildman–Crippen MR) is 150 cm³/mol. The Kier molecular flexibility index (Phi) is 9.11. The number of fused-ring (bicyclic) bond motifs is 1. The number of hydrogen-bond donors (Lipinski definition) is 4. The molecule has 1 saturated heterocycles. The molecule has 1 unspecified atom stereocenters. The molecule has 40 heavy (non-hydrogen) atoms.